The van der Waals surface area contributed by atoms with Crippen LogP contribution in [0.1, 0.15) is 38.2 Å². The van der Waals surface area contributed by atoms with Crippen molar-refractivity contribution in [2.24, 2.45) is 11.7 Å². The van der Waals surface area contributed by atoms with Gasteiger partial charge in [0.05, 0.1) is 0 Å². The summed E-state index contributed by atoms with van der Waals surface area (Å²) in [6.45, 7) is 2.14. The zero-order valence-electron chi connectivity index (χ0n) is 11.8. The molecule has 0 bridgehead atoms. The Morgan fingerprint density at radius 1 is 1.25 bits per heavy atom. The van der Waals surface area contributed by atoms with Crippen LogP contribution < -0.4 is 10.6 Å². The van der Waals surface area contributed by atoms with Gasteiger partial charge in [0.2, 0.25) is 0 Å². The van der Waals surface area contributed by atoms with Gasteiger partial charge in [-0.05, 0) is 30.9 Å². The lowest BCUT2D eigenvalue weighted by Crippen LogP contribution is -2.40. The average Bonchev–Trinajstić information content (AvgIpc) is 2.38. The molecule has 1 aliphatic carbocycles. The zero-order valence-corrected chi connectivity index (χ0v) is 12.6. The topological polar surface area (TPSA) is 29.3 Å². The number of halogens is 2. The monoisotopic (exact) mass is 298 g/mol. The summed E-state index contributed by atoms with van der Waals surface area (Å²) < 4.78 is 28.4. The van der Waals surface area contributed by atoms with Crippen LogP contribution in [0.25, 0.3) is 0 Å². The molecular formula is C15H20F2N2S. The summed E-state index contributed by atoms with van der Waals surface area (Å²) in [6.07, 6.45) is 4.36. The molecule has 110 valence electrons. The Labute approximate surface area is 123 Å². The maximum Gasteiger partial charge on any atom is 0.150 e. The number of nitrogens with two attached hydrogens (primary N) is 1. The highest BCUT2D eigenvalue weighted by molar-refractivity contribution is 7.80. The molecule has 1 aromatic carbocycles. The van der Waals surface area contributed by atoms with E-state index in [0.29, 0.717) is 5.92 Å². The molecule has 20 heavy (non-hydrogen) atoms. The van der Waals surface area contributed by atoms with Gasteiger partial charge in [0.1, 0.15) is 22.3 Å². The third kappa shape index (κ3) is 2.92. The fraction of sp³-hybridized carbons (Fsp3) is 0.533. The molecule has 1 fully saturated rings. The molecule has 0 aliphatic heterocycles. The number of thiocarbonyl (C=S) groups is 1. The normalized spacial score (nSPS) is 22.6. The zero-order chi connectivity index (χ0) is 14.9. The van der Waals surface area contributed by atoms with Crippen molar-refractivity contribution in [2.45, 2.75) is 38.6 Å². The van der Waals surface area contributed by atoms with Crippen LogP contribution in [0, 0.1) is 17.6 Å². The molecule has 1 aromatic rings. The second-order valence-electron chi connectivity index (χ2n) is 5.59. The van der Waals surface area contributed by atoms with E-state index in [9.17, 15) is 8.78 Å². The molecule has 2 N–H and O–H groups in total. The van der Waals surface area contributed by atoms with Gasteiger partial charge >= 0.3 is 0 Å². The van der Waals surface area contributed by atoms with E-state index < -0.39 is 11.6 Å². The van der Waals surface area contributed by atoms with Crippen LogP contribution in [0.3, 0.4) is 0 Å². The van der Waals surface area contributed by atoms with Crippen molar-refractivity contribution in [3.63, 3.8) is 0 Å². The molecule has 2 nitrogen and oxygen atoms in total. The minimum absolute atomic E-state index is 0.00281. The van der Waals surface area contributed by atoms with Crippen molar-refractivity contribution in [1.82, 2.24) is 0 Å². The molecule has 0 aromatic heterocycles. The smallest absolute Gasteiger partial charge is 0.150 e. The number of nitrogens with zero attached hydrogens (tertiary/aromatic N) is 1. The SMILES string of the molecule is CC1CCCCC1N(C)c1c(F)cc(C(N)=S)cc1F. The number of rotatable bonds is 3. The van der Waals surface area contributed by atoms with E-state index in [4.69, 9.17) is 18.0 Å². The first kappa shape index (κ1) is 15.2. The first-order valence-electron chi connectivity index (χ1n) is 6.93. The molecule has 0 heterocycles. The fourth-order valence-corrected chi connectivity index (χ4v) is 3.20. The molecule has 0 radical (unpaired) electrons. The third-order valence-electron chi connectivity index (χ3n) is 4.22. The Morgan fingerprint density at radius 3 is 2.30 bits per heavy atom. The van der Waals surface area contributed by atoms with Gasteiger partial charge < -0.3 is 10.6 Å². The van der Waals surface area contributed by atoms with Crippen LogP contribution >= 0.6 is 12.2 Å². The summed E-state index contributed by atoms with van der Waals surface area (Å²) in [4.78, 5) is 1.74. The highest BCUT2D eigenvalue weighted by Crippen LogP contribution is 2.33. The molecule has 1 saturated carbocycles. The molecule has 1 aliphatic rings. The van der Waals surface area contributed by atoms with Crippen molar-refractivity contribution in [3.05, 3.63) is 29.3 Å². The van der Waals surface area contributed by atoms with Gasteiger partial charge in [0.15, 0.2) is 0 Å². The van der Waals surface area contributed by atoms with E-state index in [0.717, 1.165) is 19.3 Å². The van der Waals surface area contributed by atoms with E-state index in [1.807, 2.05) is 0 Å². The van der Waals surface area contributed by atoms with E-state index >= 15 is 0 Å². The predicted molar refractivity (Wildman–Crippen MR) is 82.1 cm³/mol. The van der Waals surface area contributed by atoms with Crippen molar-refractivity contribution in [2.75, 3.05) is 11.9 Å². The van der Waals surface area contributed by atoms with E-state index in [2.05, 4.69) is 6.92 Å². The van der Waals surface area contributed by atoms with Crippen LogP contribution in [0.5, 0.6) is 0 Å². The van der Waals surface area contributed by atoms with Gasteiger partial charge in [-0.25, -0.2) is 8.78 Å². The molecule has 0 spiro atoms. The first-order valence-corrected chi connectivity index (χ1v) is 7.34. The quantitative estimate of drug-likeness (QED) is 0.864. The van der Waals surface area contributed by atoms with Gasteiger partial charge in [-0.2, -0.15) is 0 Å². The van der Waals surface area contributed by atoms with E-state index in [1.165, 1.54) is 18.6 Å². The first-order chi connectivity index (χ1) is 9.41. The number of anilines is 1. The predicted octanol–water partition coefficient (Wildman–Crippen LogP) is 3.61. The number of hydrogen-bond acceptors (Lipinski definition) is 2. The van der Waals surface area contributed by atoms with Gasteiger partial charge in [-0.1, -0.05) is 32.0 Å². The summed E-state index contributed by atoms with van der Waals surface area (Å²) in [5, 5.41) is 0. The largest absolute Gasteiger partial charge is 0.389 e. The van der Waals surface area contributed by atoms with Gasteiger partial charge in [0, 0.05) is 18.7 Å². The lowest BCUT2D eigenvalue weighted by molar-refractivity contribution is 0.318. The van der Waals surface area contributed by atoms with Crippen LogP contribution in [-0.4, -0.2) is 18.1 Å². The van der Waals surface area contributed by atoms with Gasteiger partial charge in [-0.3, -0.25) is 0 Å². The maximum atomic E-state index is 14.2. The summed E-state index contributed by atoms with van der Waals surface area (Å²) in [7, 11) is 1.76. The van der Waals surface area contributed by atoms with Crippen LogP contribution in [0.2, 0.25) is 0 Å². The lowest BCUT2D eigenvalue weighted by Gasteiger charge is -2.38. The molecule has 2 atom stereocenters. The Hall–Kier alpha value is -1.23. The van der Waals surface area contributed by atoms with Gasteiger partial charge in [0.25, 0.3) is 0 Å². The Kier molecular flexibility index (Phi) is 4.58. The molecular weight excluding hydrogens is 278 g/mol. The van der Waals surface area contributed by atoms with Crippen molar-refractivity contribution >= 4 is 22.9 Å². The van der Waals surface area contributed by atoms with E-state index in [1.54, 1.807) is 11.9 Å². The number of hydrogen-bond donors (Lipinski definition) is 1. The Bertz CT molecular complexity index is 496. The minimum atomic E-state index is -0.604. The minimum Gasteiger partial charge on any atom is -0.389 e. The van der Waals surface area contributed by atoms with E-state index in [-0.39, 0.29) is 22.3 Å². The summed E-state index contributed by atoms with van der Waals surface area (Å²) in [5.41, 5.74) is 5.67. The Morgan fingerprint density at radius 2 is 1.80 bits per heavy atom. The molecule has 0 amide bonds. The molecule has 2 unspecified atom stereocenters. The average molecular weight is 298 g/mol. The van der Waals surface area contributed by atoms with Crippen LogP contribution in [0.4, 0.5) is 14.5 Å². The second-order valence-corrected chi connectivity index (χ2v) is 6.03. The Balaban J connectivity index is 2.34. The highest BCUT2D eigenvalue weighted by Gasteiger charge is 2.28. The maximum absolute atomic E-state index is 14.2. The van der Waals surface area contributed by atoms with Crippen LogP contribution in [-0.2, 0) is 0 Å². The standard InChI is InChI=1S/C15H20F2N2S/c1-9-5-3-4-6-13(9)19(2)14-11(16)7-10(15(18)20)8-12(14)17/h7-9,13H,3-6H2,1-2H3,(H2,18,20). The highest BCUT2D eigenvalue weighted by atomic mass is 32.1. The van der Waals surface area contributed by atoms with Crippen molar-refractivity contribution in [3.8, 4) is 0 Å². The molecule has 0 saturated heterocycles. The van der Waals surface area contributed by atoms with Crippen LogP contribution in [0.15, 0.2) is 12.1 Å². The third-order valence-corrected chi connectivity index (χ3v) is 4.45. The fourth-order valence-electron chi connectivity index (χ4n) is 3.08. The second kappa shape index (κ2) is 6.04. The van der Waals surface area contributed by atoms with Crippen molar-refractivity contribution in [1.29, 1.82) is 0 Å². The lowest BCUT2D eigenvalue weighted by atomic mass is 9.85. The van der Waals surface area contributed by atoms with Gasteiger partial charge in [-0.15, -0.1) is 0 Å². The summed E-state index contributed by atoms with van der Waals surface area (Å²) in [5.74, 6) is -0.774. The summed E-state index contributed by atoms with van der Waals surface area (Å²) in [6, 6.07) is 2.60. The summed E-state index contributed by atoms with van der Waals surface area (Å²) >= 11 is 4.76. The molecule has 2 rings (SSSR count). The molecule has 5 heteroatoms. The number of benzene rings is 1. The van der Waals surface area contributed by atoms with Crippen molar-refractivity contribution < 1.29 is 8.78 Å².